The molecule has 1 atom stereocenters. The number of nitrogens with one attached hydrogen (secondary N) is 1. The van der Waals surface area contributed by atoms with Gasteiger partial charge in [-0.2, -0.15) is 0 Å². The molecule has 0 amide bonds. The topological polar surface area (TPSA) is 41.0 Å². The van der Waals surface area contributed by atoms with E-state index >= 15 is 0 Å². The van der Waals surface area contributed by atoms with Gasteiger partial charge in [-0.05, 0) is 44.6 Å². The van der Waals surface area contributed by atoms with E-state index < -0.39 is 0 Å². The summed E-state index contributed by atoms with van der Waals surface area (Å²) in [6.45, 7) is 5.69. The number of hydrogen-bond donors (Lipinski definition) is 1. The van der Waals surface area contributed by atoms with E-state index in [1.54, 1.807) is 6.33 Å². The van der Waals surface area contributed by atoms with Crippen LogP contribution in [0.3, 0.4) is 0 Å². The van der Waals surface area contributed by atoms with Gasteiger partial charge in [0, 0.05) is 30.9 Å². The number of hydrogen-bond acceptors (Lipinski definition) is 4. The highest BCUT2D eigenvalue weighted by Crippen LogP contribution is 2.35. The van der Waals surface area contributed by atoms with E-state index in [9.17, 15) is 0 Å². The summed E-state index contributed by atoms with van der Waals surface area (Å²) in [6.07, 6.45) is 7.85. The molecule has 4 nitrogen and oxygen atoms in total. The van der Waals surface area contributed by atoms with Crippen LogP contribution < -0.4 is 10.2 Å². The average Bonchev–Trinajstić information content (AvgIpc) is 2.81. The van der Waals surface area contributed by atoms with Crippen LogP contribution in [0.5, 0.6) is 0 Å². The lowest BCUT2D eigenvalue weighted by Gasteiger charge is -2.27. The molecule has 1 unspecified atom stereocenters. The molecule has 1 saturated heterocycles. The van der Waals surface area contributed by atoms with Crippen LogP contribution in [0, 0.1) is 5.41 Å². The lowest BCUT2D eigenvalue weighted by molar-refractivity contribution is 0.355. The Hall–Kier alpha value is -1.16. The molecular formula is C15H24N4. The van der Waals surface area contributed by atoms with Crippen molar-refractivity contribution in [3.8, 4) is 0 Å². The van der Waals surface area contributed by atoms with Crippen molar-refractivity contribution in [2.24, 2.45) is 5.41 Å². The molecule has 4 heteroatoms. The fourth-order valence-corrected chi connectivity index (χ4v) is 3.55. The van der Waals surface area contributed by atoms with Crippen LogP contribution in [-0.2, 0) is 12.8 Å². The fraction of sp³-hybridized carbons (Fsp3) is 0.733. The first-order valence-corrected chi connectivity index (χ1v) is 7.44. The largest absolute Gasteiger partial charge is 0.356 e. The molecule has 1 aliphatic carbocycles. The summed E-state index contributed by atoms with van der Waals surface area (Å²) >= 11 is 0. The minimum atomic E-state index is 0.376. The fourth-order valence-electron chi connectivity index (χ4n) is 3.55. The minimum absolute atomic E-state index is 0.376. The smallest absolute Gasteiger partial charge is 0.135 e. The van der Waals surface area contributed by atoms with E-state index in [0.717, 1.165) is 32.5 Å². The third-order valence-corrected chi connectivity index (χ3v) is 4.56. The molecule has 104 valence electrons. The lowest BCUT2D eigenvalue weighted by Crippen LogP contribution is -2.33. The highest BCUT2D eigenvalue weighted by atomic mass is 15.2. The molecule has 0 aromatic carbocycles. The van der Waals surface area contributed by atoms with E-state index in [4.69, 9.17) is 0 Å². The van der Waals surface area contributed by atoms with Crippen molar-refractivity contribution in [1.82, 2.24) is 15.3 Å². The third kappa shape index (κ3) is 2.46. The molecule has 1 aromatic heterocycles. The van der Waals surface area contributed by atoms with Crippen molar-refractivity contribution in [3.63, 3.8) is 0 Å². The quantitative estimate of drug-likeness (QED) is 0.899. The maximum atomic E-state index is 4.59. The Morgan fingerprint density at radius 1 is 1.32 bits per heavy atom. The predicted octanol–water partition coefficient (Wildman–Crippen LogP) is 1.79. The third-order valence-electron chi connectivity index (χ3n) is 4.56. The zero-order chi connectivity index (χ0) is 13.3. The minimum Gasteiger partial charge on any atom is -0.356 e. The van der Waals surface area contributed by atoms with E-state index in [2.05, 4.69) is 27.1 Å². The molecule has 2 heterocycles. The van der Waals surface area contributed by atoms with E-state index in [1.165, 1.54) is 36.3 Å². The Morgan fingerprint density at radius 3 is 3.00 bits per heavy atom. The molecule has 1 aromatic rings. The van der Waals surface area contributed by atoms with Gasteiger partial charge in [-0.1, -0.05) is 6.92 Å². The van der Waals surface area contributed by atoms with Crippen molar-refractivity contribution in [2.45, 2.75) is 39.0 Å². The van der Waals surface area contributed by atoms with Gasteiger partial charge in [-0.25, -0.2) is 9.97 Å². The molecule has 1 N–H and O–H groups in total. The second kappa shape index (κ2) is 5.08. The molecule has 0 spiro atoms. The van der Waals surface area contributed by atoms with E-state index in [-0.39, 0.29) is 0 Å². The summed E-state index contributed by atoms with van der Waals surface area (Å²) in [7, 11) is 2.04. The highest BCUT2D eigenvalue weighted by molar-refractivity contribution is 5.50. The van der Waals surface area contributed by atoms with Crippen molar-refractivity contribution < 1.29 is 0 Å². The Bertz CT molecular complexity index is 459. The SMILES string of the molecule is CNCC1(C)CCN(c2ncnc3c2CCCC3)C1. The Labute approximate surface area is 115 Å². The predicted molar refractivity (Wildman–Crippen MR) is 77.5 cm³/mol. The van der Waals surface area contributed by atoms with Gasteiger partial charge in [-0.3, -0.25) is 0 Å². The molecule has 3 rings (SSSR count). The van der Waals surface area contributed by atoms with Crippen LogP contribution in [0.15, 0.2) is 6.33 Å². The highest BCUT2D eigenvalue weighted by Gasteiger charge is 2.35. The van der Waals surface area contributed by atoms with Crippen LogP contribution in [0.4, 0.5) is 5.82 Å². The van der Waals surface area contributed by atoms with Gasteiger partial charge in [-0.15, -0.1) is 0 Å². The summed E-state index contributed by atoms with van der Waals surface area (Å²) in [4.78, 5) is 11.5. The monoisotopic (exact) mass is 260 g/mol. The molecule has 0 saturated carbocycles. The molecule has 0 radical (unpaired) electrons. The van der Waals surface area contributed by atoms with Gasteiger partial charge < -0.3 is 10.2 Å². The number of aryl methyl sites for hydroxylation is 1. The molecule has 19 heavy (non-hydrogen) atoms. The molecule has 1 fully saturated rings. The van der Waals surface area contributed by atoms with Crippen molar-refractivity contribution in [1.29, 1.82) is 0 Å². The normalized spacial score (nSPS) is 26.5. The van der Waals surface area contributed by atoms with Gasteiger partial charge in [0.1, 0.15) is 12.1 Å². The van der Waals surface area contributed by atoms with E-state index in [1.807, 2.05) is 7.05 Å². The zero-order valence-corrected chi connectivity index (χ0v) is 12.1. The second-order valence-electron chi connectivity index (χ2n) is 6.34. The number of aromatic nitrogens is 2. The lowest BCUT2D eigenvalue weighted by atomic mass is 9.90. The van der Waals surface area contributed by atoms with Crippen LogP contribution in [0.2, 0.25) is 0 Å². The summed E-state index contributed by atoms with van der Waals surface area (Å²) in [6, 6.07) is 0. The maximum Gasteiger partial charge on any atom is 0.135 e. The first kappa shape index (κ1) is 12.9. The Kier molecular flexibility index (Phi) is 3.44. The number of rotatable bonds is 3. The average molecular weight is 260 g/mol. The van der Waals surface area contributed by atoms with Gasteiger partial charge in [0.2, 0.25) is 0 Å². The summed E-state index contributed by atoms with van der Waals surface area (Å²) in [5, 5.41) is 3.33. The van der Waals surface area contributed by atoms with Crippen LogP contribution in [0.1, 0.15) is 37.4 Å². The molecule has 1 aliphatic heterocycles. The van der Waals surface area contributed by atoms with Gasteiger partial charge in [0.05, 0.1) is 0 Å². The first-order chi connectivity index (χ1) is 9.22. The van der Waals surface area contributed by atoms with Gasteiger partial charge in [0.25, 0.3) is 0 Å². The maximum absolute atomic E-state index is 4.59. The van der Waals surface area contributed by atoms with Crippen LogP contribution in [0.25, 0.3) is 0 Å². The van der Waals surface area contributed by atoms with E-state index in [0.29, 0.717) is 5.41 Å². The van der Waals surface area contributed by atoms with Crippen molar-refractivity contribution >= 4 is 5.82 Å². The molecule has 2 aliphatic rings. The summed E-state index contributed by atoms with van der Waals surface area (Å²) in [5.41, 5.74) is 3.09. The molecular weight excluding hydrogens is 236 g/mol. The molecule has 0 bridgehead atoms. The van der Waals surface area contributed by atoms with Crippen LogP contribution >= 0.6 is 0 Å². The van der Waals surface area contributed by atoms with Gasteiger partial charge >= 0.3 is 0 Å². The van der Waals surface area contributed by atoms with Crippen molar-refractivity contribution in [3.05, 3.63) is 17.6 Å². The van der Waals surface area contributed by atoms with Gasteiger partial charge in [0.15, 0.2) is 0 Å². The number of fused-ring (bicyclic) bond motifs is 1. The second-order valence-corrected chi connectivity index (χ2v) is 6.34. The standard InChI is InChI=1S/C15H24N4/c1-15(9-16-2)7-8-19(10-15)14-12-5-3-4-6-13(12)17-11-18-14/h11,16H,3-10H2,1-2H3. The van der Waals surface area contributed by atoms with Crippen LogP contribution in [-0.4, -0.2) is 36.6 Å². The Morgan fingerprint density at radius 2 is 2.16 bits per heavy atom. The van der Waals surface area contributed by atoms with Crippen molar-refractivity contribution in [2.75, 3.05) is 31.6 Å². The summed E-state index contributed by atoms with van der Waals surface area (Å²) < 4.78 is 0. The first-order valence-electron chi connectivity index (χ1n) is 7.44. The summed E-state index contributed by atoms with van der Waals surface area (Å²) in [5.74, 6) is 1.21. The number of nitrogens with zero attached hydrogens (tertiary/aromatic N) is 3. The zero-order valence-electron chi connectivity index (χ0n) is 12.1. The number of anilines is 1. The Balaban J connectivity index is 1.84.